The second-order valence-corrected chi connectivity index (χ2v) is 6.51. The van der Waals surface area contributed by atoms with Crippen molar-refractivity contribution in [3.8, 4) is 0 Å². The van der Waals surface area contributed by atoms with E-state index in [4.69, 9.17) is 0 Å². The molecule has 138 valence electrons. The fourth-order valence-corrected chi connectivity index (χ4v) is 2.95. The molecule has 2 N–H and O–H groups in total. The molecule has 1 aliphatic rings. The molecule has 3 amide bonds. The summed E-state index contributed by atoms with van der Waals surface area (Å²) in [4.78, 5) is 30.8. The molecular weight excluding hydrogens is 332 g/mol. The van der Waals surface area contributed by atoms with Gasteiger partial charge in [0.05, 0.1) is 17.8 Å². The molecule has 0 aromatic carbocycles. The quantitative estimate of drug-likeness (QED) is 0.880. The van der Waals surface area contributed by atoms with E-state index >= 15 is 0 Å². The highest BCUT2D eigenvalue weighted by molar-refractivity contribution is 5.93. The van der Waals surface area contributed by atoms with Crippen LogP contribution in [0, 0.1) is 12.8 Å². The third kappa shape index (κ3) is 4.38. The largest absolute Gasteiger partial charge is 0.324 e. The van der Waals surface area contributed by atoms with Crippen molar-refractivity contribution >= 4 is 23.4 Å². The molecular formula is C18H24N6O2. The van der Waals surface area contributed by atoms with Crippen molar-refractivity contribution in [3.63, 3.8) is 0 Å². The fraction of sp³-hybridized carbons (Fsp3) is 0.444. The number of likely N-dealkylation sites (tertiary alicyclic amines) is 1. The van der Waals surface area contributed by atoms with E-state index in [1.807, 2.05) is 19.9 Å². The number of anilines is 2. The molecule has 3 heterocycles. The van der Waals surface area contributed by atoms with Gasteiger partial charge in [-0.05, 0) is 38.3 Å². The number of pyridine rings is 1. The SMILES string of the molecule is CCn1cc(NC(=O)N2CCCC(C(=O)Nc3ccc(C)cn3)C2)cn1. The molecule has 8 heteroatoms. The molecule has 0 spiro atoms. The highest BCUT2D eigenvalue weighted by atomic mass is 16.2. The Bertz CT molecular complexity index is 770. The molecule has 1 saturated heterocycles. The maximum Gasteiger partial charge on any atom is 0.321 e. The van der Waals surface area contributed by atoms with Crippen molar-refractivity contribution < 1.29 is 9.59 Å². The van der Waals surface area contributed by atoms with Crippen molar-refractivity contribution in [2.75, 3.05) is 23.7 Å². The Balaban J connectivity index is 1.56. The van der Waals surface area contributed by atoms with E-state index in [-0.39, 0.29) is 17.9 Å². The van der Waals surface area contributed by atoms with Gasteiger partial charge in [-0.15, -0.1) is 0 Å². The van der Waals surface area contributed by atoms with Crippen LogP contribution in [0.3, 0.4) is 0 Å². The van der Waals surface area contributed by atoms with Gasteiger partial charge >= 0.3 is 6.03 Å². The molecule has 0 aliphatic carbocycles. The first-order chi connectivity index (χ1) is 12.5. The summed E-state index contributed by atoms with van der Waals surface area (Å²) in [5.74, 6) is 0.197. The first kappa shape index (κ1) is 17.9. The lowest BCUT2D eigenvalue weighted by atomic mass is 9.97. The van der Waals surface area contributed by atoms with Gasteiger partial charge in [0.15, 0.2) is 0 Å². The minimum atomic E-state index is -0.240. The summed E-state index contributed by atoms with van der Waals surface area (Å²) >= 11 is 0. The third-order valence-corrected chi connectivity index (χ3v) is 4.45. The Morgan fingerprint density at radius 1 is 1.27 bits per heavy atom. The molecule has 0 saturated carbocycles. The number of carbonyl (C=O) groups excluding carboxylic acids is 2. The third-order valence-electron chi connectivity index (χ3n) is 4.45. The van der Waals surface area contributed by atoms with E-state index < -0.39 is 0 Å². The summed E-state index contributed by atoms with van der Waals surface area (Å²) < 4.78 is 1.75. The van der Waals surface area contributed by atoms with Crippen molar-refractivity contribution in [1.29, 1.82) is 0 Å². The summed E-state index contributed by atoms with van der Waals surface area (Å²) in [5.41, 5.74) is 1.70. The van der Waals surface area contributed by atoms with E-state index in [0.717, 1.165) is 24.9 Å². The lowest BCUT2D eigenvalue weighted by Gasteiger charge is -2.31. The van der Waals surface area contributed by atoms with Gasteiger partial charge < -0.3 is 15.5 Å². The summed E-state index contributed by atoms with van der Waals surface area (Å²) in [6, 6.07) is 3.48. The average Bonchev–Trinajstić information content (AvgIpc) is 3.11. The van der Waals surface area contributed by atoms with Crippen molar-refractivity contribution in [2.24, 2.45) is 5.92 Å². The van der Waals surface area contributed by atoms with E-state index in [2.05, 4.69) is 20.7 Å². The molecule has 3 rings (SSSR count). The van der Waals surface area contributed by atoms with Gasteiger partial charge in [-0.25, -0.2) is 9.78 Å². The van der Waals surface area contributed by atoms with Gasteiger partial charge in [0.1, 0.15) is 5.82 Å². The number of carbonyl (C=O) groups is 2. The van der Waals surface area contributed by atoms with Crippen LogP contribution in [0.25, 0.3) is 0 Å². The molecule has 1 aliphatic heterocycles. The van der Waals surface area contributed by atoms with Crippen LogP contribution in [-0.4, -0.2) is 44.7 Å². The molecule has 8 nitrogen and oxygen atoms in total. The minimum absolute atomic E-state index is 0.0994. The van der Waals surface area contributed by atoms with E-state index in [0.29, 0.717) is 24.6 Å². The van der Waals surface area contributed by atoms with Crippen molar-refractivity contribution in [2.45, 2.75) is 33.2 Å². The second kappa shape index (κ2) is 7.99. The van der Waals surface area contributed by atoms with Gasteiger partial charge in [0.25, 0.3) is 0 Å². The van der Waals surface area contributed by atoms with Gasteiger partial charge in [-0.2, -0.15) is 5.10 Å². The van der Waals surface area contributed by atoms with E-state index in [1.54, 1.807) is 34.2 Å². The number of piperidine rings is 1. The number of rotatable bonds is 4. The van der Waals surface area contributed by atoms with Crippen LogP contribution in [0.1, 0.15) is 25.3 Å². The zero-order valence-electron chi connectivity index (χ0n) is 15.1. The molecule has 2 aromatic heterocycles. The molecule has 0 radical (unpaired) electrons. The topological polar surface area (TPSA) is 92.2 Å². The van der Waals surface area contributed by atoms with E-state index in [9.17, 15) is 9.59 Å². The highest BCUT2D eigenvalue weighted by Crippen LogP contribution is 2.19. The van der Waals surface area contributed by atoms with Crippen LogP contribution < -0.4 is 10.6 Å². The highest BCUT2D eigenvalue weighted by Gasteiger charge is 2.28. The Morgan fingerprint density at radius 2 is 2.12 bits per heavy atom. The molecule has 2 aromatic rings. The summed E-state index contributed by atoms with van der Waals surface area (Å²) in [6.07, 6.45) is 6.68. The maximum absolute atomic E-state index is 12.5. The molecule has 1 fully saturated rings. The van der Waals surface area contributed by atoms with Crippen LogP contribution in [-0.2, 0) is 11.3 Å². The molecule has 1 unspecified atom stereocenters. The van der Waals surface area contributed by atoms with E-state index in [1.165, 1.54) is 0 Å². The zero-order chi connectivity index (χ0) is 18.5. The molecule has 0 bridgehead atoms. The predicted octanol–water partition coefficient (Wildman–Crippen LogP) is 2.49. The Morgan fingerprint density at radius 3 is 2.81 bits per heavy atom. The fourth-order valence-electron chi connectivity index (χ4n) is 2.95. The molecule has 26 heavy (non-hydrogen) atoms. The Kier molecular flexibility index (Phi) is 5.50. The number of aromatic nitrogens is 3. The normalized spacial score (nSPS) is 17.0. The maximum atomic E-state index is 12.5. The number of aryl methyl sites for hydroxylation is 2. The molecule has 1 atom stereocenters. The zero-order valence-corrected chi connectivity index (χ0v) is 15.1. The first-order valence-corrected chi connectivity index (χ1v) is 8.87. The van der Waals surface area contributed by atoms with Gasteiger partial charge in [-0.3, -0.25) is 9.48 Å². The summed E-state index contributed by atoms with van der Waals surface area (Å²) in [6.45, 7) is 5.70. The number of urea groups is 1. The Hall–Kier alpha value is -2.90. The monoisotopic (exact) mass is 356 g/mol. The van der Waals surface area contributed by atoms with Crippen LogP contribution >= 0.6 is 0 Å². The smallest absolute Gasteiger partial charge is 0.321 e. The van der Waals surface area contributed by atoms with Crippen LogP contribution in [0.2, 0.25) is 0 Å². The van der Waals surface area contributed by atoms with Crippen LogP contribution in [0.5, 0.6) is 0 Å². The first-order valence-electron chi connectivity index (χ1n) is 8.87. The minimum Gasteiger partial charge on any atom is -0.324 e. The van der Waals surface area contributed by atoms with Crippen LogP contribution in [0.4, 0.5) is 16.3 Å². The Labute approximate surface area is 152 Å². The number of hydrogen-bond acceptors (Lipinski definition) is 4. The van der Waals surface area contributed by atoms with Crippen molar-refractivity contribution in [3.05, 3.63) is 36.3 Å². The second-order valence-electron chi connectivity index (χ2n) is 6.51. The number of nitrogens with zero attached hydrogens (tertiary/aromatic N) is 4. The van der Waals surface area contributed by atoms with Crippen molar-refractivity contribution in [1.82, 2.24) is 19.7 Å². The standard InChI is InChI=1S/C18H24N6O2/c1-3-24-12-15(10-20-24)21-18(26)23-8-4-5-14(11-23)17(25)22-16-7-6-13(2)9-19-16/h6-7,9-10,12,14H,3-5,8,11H2,1-2H3,(H,21,26)(H,19,22,25). The van der Waals surface area contributed by atoms with Gasteiger partial charge in [0, 0.05) is 32.0 Å². The van der Waals surface area contributed by atoms with Gasteiger partial charge in [-0.1, -0.05) is 6.07 Å². The van der Waals surface area contributed by atoms with Crippen LogP contribution in [0.15, 0.2) is 30.7 Å². The summed E-state index contributed by atoms with van der Waals surface area (Å²) in [5, 5.41) is 9.82. The summed E-state index contributed by atoms with van der Waals surface area (Å²) in [7, 11) is 0. The number of hydrogen-bond donors (Lipinski definition) is 2. The van der Waals surface area contributed by atoms with Gasteiger partial charge in [0.2, 0.25) is 5.91 Å². The number of amides is 3. The predicted molar refractivity (Wildman–Crippen MR) is 98.8 cm³/mol. The lowest BCUT2D eigenvalue weighted by Crippen LogP contribution is -2.45. The average molecular weight is 356 g/mol. The lowest BCUT2D eigenvalue weighted by molar-refractivity contribution is -0.121. The number of nitrogens with one attached hydrogen (secondary N) is 2.